The van der Waals surface area contributed by atoms with Gasteiger partial charge in [-0.3, -0.25) is 14.9 Å². The van der Waals surface area contributed by atoms with Gasteiger partial charge in [-0.1, -0.05) is 35.9 Å². The van der Waals surface area contributed by atoms with Crippen molar-refractivity contribution in [2.24, 2.45) is 0 Å². The highest BCUT2D eigenvalue weighted by atomic mass is 35.5. The summed E-state index contributed by atoms with van der Waals surface area (Å²) in [7, 11) is 0. The third-order valence-electron chi connectivity index (χ3n) is 6.94. The first-order valence-corrected chi connectivity index (χ1v) is 13.1. The fraction of sp³-hybridized carbons (Fsp3) is 0.393. The Labute approximate surface area is 221 Å². The number of fused-ring (bicyclic) bond motifs is 1. The molecular formula is C28H31ClN4O4. The standard InChI is InChI=1S/C28H31ClN4O4/c1-3-24(34)32-13-5-4-9-20(16-32)33-26-22(10-11-23(25(26)29)37-21-12-14-36-17-21)30-28(33)31-27(35)19-8-6-7-18(2)15-19/h3,6-8,10-11,15,20-21H,1,4-5,9,12-14,16-17H2,2H3,(H,30,31,35)/t20-,21-/m1/s1. The Morgan fingerprint density at radius 1 is 1.24 bits per heavy atom. The summed E-state index contributed by atoms with van der Waals surface area (Å²) >= 11 is 6.96. The third-order valence-corrected chi connectivity index (χ3v) is 7.31. The van der Waals surface area contributed by atoms with E-state index in [9.17, 15) is 9.59 Å². The maximum Gasteiger partial charge on any atom is 0.257 e. The van der Waals surface area contributed by atoms with Crippen molar-refractivity contribution in [3.63, 3.8) is 0 Å². The zero-order valence-electron chi connectivity index (χ0n) is 20.9. The van der Waals surface area contributed by atoms with Gasteiger partial charge < -0.3 is 18.9 Å². The van der Waals surface area contributed by atoms with E-state index in [2.05, 4.69) is 11.9 Å². The second-order valence-corrected chi connectivity index (χ2v) is 9.99. The van der Waals surface area contributed by atoms with Gasteiger partial charge in [0, 0.05) is 25.1 Å². The molecule has 0 spiro atoms. The van der Waals surface area contributed by atoms with Crippen molar-refractivity contribution in [2.75, 3.05) is 31.6 Å². The number of imidazole rings is 1. The molecule has 37 heavy (non-hydrogen) atoms. The van der Waals surface area contributed by atoms with E-state index in [0.717, 1.165) is 31.2 Å². The molecule has 2 aliphatic heterocycles. The number of hydrogen-bond donors (Lipinski definition) is 1. The smallest absolute Gasteiger partial charge is 0.257 e. The summed E-state index contributed by atoms with van der Waals surface area (Å²) in [5, 5.41) is 3.44. The molecule has 0 saturated carbocycles. The summed E-state index contributed by atoms with van der Waals surface area (Å²) in [6.45, 7) is 7.90. The quantitative estimate of drug-likeness (QED) is 0.452. The second-order valence-electron chi connectivity index (χ2n) is 9.62. The topological polar surface area (TPSA) is 85.7 Å². The van der Waals surface area contributed by atoms with Crippen LogP contribution in [0.3, 0.4) is 0 Å². The zero-order chi connectivity index (χ0) is 25.9. The average molecular weight is 523 g/mol. The Balaban J connectivity index is 1.58. The minimum absolute atomic E-state index is 0.0644. The zero-order valence-corrected chi connectivity index (χ0v) is 21.7. The maximum atomic E-state index is 13.2. The van der Waals surface area contributed by atoms with Crippen LogP contribution in [-0.4, -0.2) is 58.7 Å². The minimum atomic E-state index is -0.261. The number of ether oxygens (including phenoxy) is 2. The maximum absolute atomic E-state index is 13.2. The monoisotopic (exact) mass is 522 g/mol. The van der Waals surface area contributed by atoms with Gasteiger partial charge in [0.15, 0.2) is 0 Å². The molecule has 0 bridgehead atoms. The highest BCUT2D eigenvalue weighted by molar-refractivity contribution is 6.36. The van der Waals surface area contributed by atoms with Crippen LogP contribution in [0.25, 0.3) is 11.0 Å². The van der Waals surface area contributed by atoms with Crippen LogP contribution in [0.2, 0.25) is 5.02 Å². The number of anilines is 1. The molecule has 0 radical (unpaired) electrons. The summed E-state index contributed by atoms with van der Waals surface area (Å²) in [6, 6.07) is 10.9. The number of hydrogen-bond acceptors (Lipinski definition) is 5. The highest BCUT2D eigenvalue weighted by Gasteiger charge is 2.29. The molecule has 0 unspecified atom stereocenters. The Bertz CT molecular complexity index is 1330. The van der Waals surface area contributed by atoms with E-state index in [1.165, 1.54) is 6.08 Å². The molecule has 2 aliphatic rings. The lowest BCUT2D eigenvalue weighted by Gasteiger charge is -2.26. The van der Waals surface area contributed by atoms with Crippen LogP contribution in [-0.2, 0) is 9.53 Å². The number of aryl methyl sites for hydroxylation is 1. The van der Waals surface area contributed by atoms with Crippen molar-refractivity contribution in [1.82, 2.24) is 14.5 Å². The molecule has 1 N–H and O–H groups in total. The number of rotatable bonds is 6. The number of carbonyl (C=O) groups excluding carboxylic acids is 2. The molecule has 9 heteroatoms. The van der Waals surface area contributed by atoms with Gasteiger partial charge in [0.1, 0.15) is 16.9 Å². The molecule has 8 nitrogen and oxygen atoms in total. The Hall–Kier alpha value is -3.36. The van der Waals surface area contributed by atoms with Crippen LogP contribution in [0.1, 0.15) is 47.6 Å². The summed E-state index contributed by atoms with van der Waals surface area (Å²) in [6.07, 6.45) is 4.69. The van der Waals surface area contributed by atoms with Crippen molar-refractivity contribution in [2.45, 2.75) is 44.8 Å². The molecule has 2 atom stereocenters. The van der Waals surface area contributed by atoms with Crippen molar-refractivity contribution >= 4 is 40.4 Å². The summed E-state index contributed by atoms with van der Waals surface area (Å²) < 4.78 is 13.6. The van der Waals surface area contributed by atoms with Gasteiger partial charge in [0.25, 0.3) is 5.91 Å². The SMILES string of the molecule is C=CC(=O)N1CCCC[C@@H](n2c(NC(=O)c3cccc(C)c3)nc3ccc(O[C@@H]4CCOC4)c(Cl)c32)C1. The molecule has 3 aromatic rings. The Kier molecular flexibility index (Phi) is 7.48. The van der Waals surface area contributed by atoms with E-state index < -0.39 is 0 Å². The van der Waals surface area contributed by atoms with Crippen molar-refractivity contribution in [3.8, 4) is 5.75 Å². The predicted molar refractivity (Wildman–Crippen MR) is 143 cm³/mol. The van der Waals surface area contributed by atoms with E-state index in [0.29, 0.717) is 59.6 Å². The minimum Gasteiger partial charge on any atom is -0.486 e. The lowest BCUT2D eigenvalue weighted by Crippen LogP contribution is -2.34. The number of aromatic nitrogens is 2. The normalized spacial score (nSPS) is 20.0. The molecule has 2 aromatic carbocycles. The van der Waals surface area contributed by atoms with Gasteiger partial charge in [-0.2, -0.15) is 0 Å². The van der Waals surface area contributed by atoms with Crippen molar-refractivity contribution in [1.29, 1.82) is 0 Å². The number of amides is 2. The average Bonchev–Trinajstić information content (AvgIpc) is 3.46. The van der Waals surface area contributed by atoms with Crippen LogP contribution >= 0.6 is 11.6 Å². The number of benzene rings is 2. The first kappa shape index (κ1) is 25.3. The summed E-state index contributed by atoms with van der Waals surface area (Å²) in [5.74, 6) is 0.569. The Morgan fingerprint density at radius 2 is 2.11 bits per heavy atom. The fourth-order valence-electron chi connectivity index (χ4n) is 5.07. The molecule has 0 aliphatic carbocycles. The van der Waals surface area contributed by atoms with Crippen LogP contribution in [0.15, 0.2) is 49.1 Å². The lowest BCUT2D eigenvalue weighted by atomic mass is 10.1. The van der Waals surface area contributed by atoms with E-state index in [4.69, 9.17) is 26.1 Å². The van der Waals surface area contributed by atoms with Gasteiger partial charge in [0.05, 0.1) is 30.3 Å². The second kappa shape index (κ2) is 10.9. The van der Waals surface area contributed by atoms with Gasteiger partial charge >= 0.3 is 0 Å². The van der Waals surface area contributed by atoms with Crippen LogP contribution < -0.4 is 10.1 Å². The van der Waals surface area contributed by atoms with E-state index >= 15 is 0 Å². The van der Waals surface area contributed by atoms with E-state index in [1.54, 1.807) is 11.0 Å². The number of halogens is 1. The molecule has 2 saturated heterocycles. The van der Waals surface area contributed by atoms with Crippen molar-refractivity contribution < 1.29 is 19.1 Å². The molecular weight excluding hydrogens is 492 g/mol. The van der Waals surface area contributed by atoms with Gasteiger partial charge in [0.2, 0.25) is 11.9 Å². The first-order valence-electron chi connectivity index (χ1n) is 12.7. The van der Waals surface area contributed by atoms with E-state index in [-0.39, 0.29) is 24.0 Å². The molecule has 194 valence electrons. The van der Waals surface area contributed by atoms with Gasteiger partial charge in [-0.05, 0) is 56.5 Å². The number of carbonyl (C=O) groups is 2. The molecule has 1 aromatic heterocycles. The van der Waals surface area contributed by atoms with Crippen LogP contribution in [0, 0.1) is 6.92 Å². The predicted octanol–water partition coefficient (Wildman–Crippen LogP) is 5.16. The Morgan fingerprint density at radius 3 is 2.86 bits per heavy atom. The first-order chi connectivity index (χ1) is 17.9. The largest absolute Gasteiger partial charge is 0.486 e. The van der Waals surface area contributed by atoms with Gasteiger partial charge in [-0.15, -0.1) is 0 Å². The summed E-state index contributed by atoms with van der Waals surface area (Å²) in [4.78, 5) is 32.4. The number of likely N-dealkylation sites (tertiary alicyclic amines) is 1. The number of nitrogens with zero attached hydrogens (tertiary/aromatic N) is 3. The van der Waals surface area contributed by atoms with Crippen LogP contribution in [0.4, 0.5) is 5.95 Å². The van der Waals surface area contributed by atoms with Gasteiger partial charge in [-0.25, -0.2) is 4.98 Å². The lowest BCUT2D eigenvalue weighted by molar-refractivity contribution is -0.126. The van der Waals surface area contributed by atoms with E-state index in [1.807, 2.05) is 41.8 Å². The number of nitrogens with one attached hydrogen (secondary N) is 1. The van der Waals surface area contributed by atoms with Crippen LogP contribution in [0.5, 0.6) is 5.75 Å². The molecule has 5 rings (SSSR count). The molecule has 2 amide bonds. The van der Waals surface area contributed by atoms with Crippen molar-refractivity contribution in [3.05, 3.63) is 65.2 Å². The third kappa shape index (κ3) is 5.36. The summed E-state index contributed by atoms with van der Waals surface area (Å²) in [5.41, 5.74) is 2.85. The highest BCUT2D eigenvalue weighted by Crippen LogP contribution is 2.39. The fourth-order valence-corrected chi connectivity index (χ4v) is 5.36. The molecule has 2 fully saturated rings. The molecule has 3 heterocycles.